The fraction of sp³-hybridized carbons (Fsp3) is 0.909. The van der Waals surface area contributed by atoms with Gasteiger partial charge in [-0.3, -0.25) is 0 Å². The molecule has 15 heavy (non-hydrogen) atoms. The van der Waals surface area contributed by atoms with E-state index in [4.69, 9.17) is 5.11 Å². The van der Waals surface area contributed by atoms with Crippen LogP contribution in [-0.4, -0.2) is 39.4 Å². The van der Waals surface area contributed by atoms with Crippen LogP contribution < -0.4 is 0 Å². The van der Waals surface area contributed by atoms with Crippen LogP contribution in [-0.2, 0) is 0 Å². The van der Waals surface area contributed by atoms with Crippen LogP contribution in [0.15, 0.2) is 0 Å². The number of rotatable bonds is 3. The third-order valence-corrected chi connectivity index (χ3v) is 3.18. The number of hydrogen-bond donors (Lipinski definition) is 2. The number of carbonyl (C=O) groups is 1. The Morgan fingerprint density at radius 3 is 2.60 bits per heavy atom. The minimum Gasteiger partial charge on any atom is -0.465 e. The van der Waals surface area contributed by atoms with Gasteiger partial charge in [-0.15, -0.1) is 0 Å². The van der Waals surface area contributed by atoms with Crippen LogP contribution >= 0.6 is 0 Å². The van der Waals surface area contributed by atoms with Crippen LogP contribution in [0.2, 0.25) is 0 Å². The van der Waals surface area contributed by atoms with Crippen LogP contribution in [0.4, 0.5) is 4.79 Å². The molecule has 1 amide bonds. The molecule has 0 bridgehead atoms. The fourth-order valence-electron chi connectivity index (χ4n) is 2.39. The maximum absolute atomic E-state index is 11.0. The van der Waals surface area contributed by atoms with Gasteiger partial charge in [0.05, 0.1) is 6.10 Å². The number of carboxylic acid groups (broad SMARTS) is 1. The smallest absolute Gasteiger partial charge is 0.407 e. The lowest BCUT2D eigenvalue weighted by molar-refractivity contribution is 0.116. The maximum Gasteiger partial charge on any atom is 0.407 e. The quantitative estimate of drug-likeness (QED) is 0.756. The first kappa shape index (κ1) is 12.3. The summed E-state index contributed by atoms with van der Waals surface area (Å²) in [4.78, 5) is 12.5. The number of amides is 1. The average Bonchev–Trinajstić information content (AvgIpc) is 2.37. The van der Waals surface area contributed by atoms with E-state index in [1.54, 1.807) is 6.92 Å². The second-order valence-corrected chi connectivity index (χ2v) is 5.20. The summed E-state index contributed by atoms with van der Waals surface area (Å²) in [5, 5.41) is 18.2. The summed E-state index contributed by atoms with van der Waals surface area (Å²) < 4.78 is 0. The van der Waals surface area contributed by atoms with E-state index in [9.17, 15) is 9.90 Å². The number of aliphatic hydroxyl groups excluding tert-OH is 1. The third kappa shape index (κ3) is 3.09. The summed E-state index contributed by atoms with van der Waals surface area (Å²) >= 11 is 0. The first-order valence-corrected chi connectivity index (χ1v) is 5.51. The number of hydrogen-bond acceptors (Lipinski definition) is 2. The van der Waals surface area contributed by atoms with Gasteiger partial charge < -0.3 is 15.1 Å². The van der Waals surface area contributed by atoms with E-state index in [0.717, 1.165) is 19.3 Å². The Hall–Kier alpha value is -0.770. The minimum atomic E-state index is -0.834. The molecule has 88 valence electrons. The van der Waals surface area contributed by atoms with Gasteiger partial charge in [0.15, 0.2) is 0 Å². The SMILES string of the molecule is CC(O)CCC1CN(C(=O)O)C(C)(C)C1. The topological polar surface area (TPSA) is 60.8 Å². The zero-order valence-corrected chi connectivity index (χ0v) is 9.73. The highest BCUT2D eigenvalue weighted by Crippen LogP contribution is 2.35. The lowest BCUT2D eigenvalue weighted by atomic mass is 9.93. The van der Waals surface area contributed by atoms with E-state index in [1.165, 1.54) is 4.90 Å². The second kappa shape index (κ2) is 4.39. The highest BCUT2D eigenvalue weighted by atomic mass is 16.4. The molecule has 1 fully saturated rings. The summed E-state index contributed by atoms with van der Waals surface area (Å²) in [6, 6.07) is 0. The van der Waals surface area contributed by atoms with Gasteiger partial charge in [-0.05, 0) is 46.0 Å². The molecule has 0 aliphatic carbocycles. The van der Waals surface area contributed by atoms with Crippen LogP contribution in [0.1, 0.15) is 40.0 Å². The van der Waals surface area contributed by atoms with E-state index in [2.05, 4.69) is 0 Å². The highest BCUT2D eigenvalue weighted by molar-refractivity contribution is 5.66. The molecule has 0 saturated carbocycles. The molecule has 1 aliphatic rings. The van der Waals surface area contributed by atoms with Crippen LogP contribution in [0.3, 0.4) is 0 Å². The molecule has 1 saturated heterocycles. The molecule has 2 unspecified atom stereocenters. The van der Waals surface area contributed by atoms with Crippen molar-refractivity contribution in [3.63, 3.8) is 0 Å². The van der Waals surface area contributed by atoms with Gasteiger partial charge in [0, 0.05) is 12.1 Å². The molecule has 1 aliphatic heterocycles. The summed E-state index contributed by atoms with van der Waals surface area (Å²) in [5.74, 6) is 0.394. The molecule has 4 nitrogen and oxygen atoms in total. The Labute approximate surface area is 90.9 Å². The Balaban J connectivity index is 2.50. The molecular formula is C11H21NO3. The van der Waals surface area contributed by atoms with Crippen molar-refractivity contribution in [3.8, 4) is 0 Å². The first-order chi connectivity index (χ1) is 6.83. The molecule has 0 radical (unpaired) electrons. The molecule has 4 heteroatoms. The van der Waals surface area contributed by atoms with Crippen LogP contribution in [0.25, 0.3) is 0 Å². The number of aliphatic hydroxyl groups is 1. The van der Waals surface area contributed by atoms with E-state index in [0.29, 0.717) is 12.5 Å². The summed E-state index contributed by atoms with van der Waals surface area (Å²) in [5.41, 5.74) is -0.255. The summed E-state index contributed by atoms with van der Waals surface area (Å²) in [6.45, 7) is 6.30. The zero-order valence-electron chi connectivity index (χ0n) is 9.73. The molecule has 0 aromatic heterocycles. The van der Waals surface area contributed by atoms with Gasteiger partial charge in [-0.1, -0.05) is 0 Å². The highest BCUT2D eigenvalue weighted by Gasteiger charge is 2.40. The lowest BCUT2D eigenvalue weighted by Gasteiger charge is -2.28. The molecule has 0 aromatic rings. The minimum absolute atomic E-state index is 0.255. The monoisotopic (exact) mass is 215 g/mol. The standard InChI is InChI=1S/C11H21NO3/c1-8(13)4-5-9-6-11(2,3)12(7-9)10(14)15/h8-9,13H,4-7H2,1-3H3,(H,14,15). The molecular weight excluding hydrogens is 194 g/mol. The molecule has 0 aromatic carbocycles. The Morgan fingerprint density at radius 1 is 1.60 bits per heavy atom. The van der Waals surface area contributed by atoms with Crippen molar-refractivity contribution < 1.29 is 15.0 Å². The van der Waals surface area contributed by atoms with Gasteiger partial charge in [-0.2, -0.15) is 0 Å². The van der Waals surface area contributed by atoms with Crippen molar-refractivity contribution in [2.75, 3.05) is 6.54 Å². The number of nitrogens with zero attached hydrogens (tertiary/aromatic N) is 1. The normalized spacial score (nSPS) is 26.7. The maximum atomic E-state index is 11.0. The van der Waals surface area contributed by atoms with Crippen molar-refractivity contribution in [1.29, 1.82) is 0 Å². The summed E-state index contributed by atoms with van der Waals surface area (Å²) in [6.07, 6.45) is 1.44. The van der Waals surface area contributed by atoms with E-state index in [1.807, 2.05) is 13.8 Å². The van der Waals surface area contributed by atoms with Crippen molar-refractivity contribution >= 4 is 6.09 Å². The predicted molar refractivity (Wildman–Crippen MR) is 57.8 cm³/mol. The fourth-order valence-corrected chi connectivity index (χ4v) is 2.39. The first-order valence-electron chi connectivity index (χ1n) is 5.51. The van der Waals surface area contributed by atoms with Gasteiger partial charge in [0.1, 0.15) is 0 Å². The molecule has 0 spiro atoms. The molecule has 1 heterocycles. The summed E-state index contributed by atoms with van der Waals surface area (Å²) in [7, 11) is 0. The van der Waals surface area contributed by atoms with E-state index >= 15 is 0 Å². The van der Waals surface area contributed by atoms with E-state index < -0.39 is 6.09 Å². The van der Waals surface area contributed by atoms with Crippen LogP contribution in [0.5, 0.6) is 0 Å². The number of likely N-dealkylation sites (tertiary alicyclic amines) is 1. The Kier molecular flexibility index (Phi) is 3.60. The molecule has 1 rings (SSSR count). The third-order valence-electron chi connectivity index (χ3n) is 3.18. The largest absolute Gasteiger partial charge is 0.465 e. The van der Waals surface area contributed by atoms with Crippen molar-refractivity contribution in [2.45, 2.75) is 51.7 Å². The molecule has 2 atom stereocenters. The zero-order chi connectivity index (χ0) is 11.6. The van der Waals surface area contributed by atoms with E-state index in [-0.39, 0.29) is 11.6 Å². The average molecular weight is 215 g/mol. The Morgan fingerprint density at radius 2 is 2.20 bits per heavy atom. The van der Waals surface area contributed by atoms with Gasteiger partial charge in [-0.25, -0.2) is 4.79 Å². The molecule has 2 N–H and O–H groups in total. The Bertz CT molecular complexity index is 238. The van der Waals surface area contributed by atoms with Crippen molar-refractivity contribution in [3.05, 3.63) is 0 Å². The van der Waals surface area contributed by atoms with Crippen molar-refractivity contribution in [2.24, 2.45) is 5.92 Å². The predicted octanol–water partition coefficient (Wildman–Crippen LogP) is 1.93. The van der Waals surface area contributed by atoms with Gasteiger partial charge in [0.2, 0.25) is 0 Å². The van der Waals surface area contributed by atoms with Gasteiger partial charge >= 0.3 is 6.09 Å². The van der Waals surface area contributed by atoms with Crippen LogP contribution in [0, 0.1) is 5.92 Å². The lowest BCUT2D eigenvalue weighted by Crippen LogP contribution is -2.41. The van der Waals surface area contributed by atoms with Gasteiger partial charge in [0.25, 0.3) is 0 Å². The second-order valence-electron chi connectivity index (χ2n) is 5.20. The van der Waals surface area contributed by atoms with Crippen molar-refractivity contribution in [1.82, 2.24) is 4.90 Å².